The second kappa shape index (κ2) is 11.4. The SMILES string of the molecule is C=CCc1c(OC(CC)C(=O)O)ccc2c(CCc3nc(-c4ccc(Cl)cc4Cl)oc3C(C)C)noc12. The number of carboxylic acid groups (broad SMARTS) is 1. The highest BCUT2D eigenvalue weighted by Gasteiger charge is 2.23. The van der Waals surface area contributed by atoms with Crippen LogP contribution in [0.4, 0.5) is 0 Å². The lowest BCUT2D eigenvalue weighted by molar-refractivity contribution is -0.145. The fourth-order valence-electron chi connectivity index (χ4n) is 4.19. The van der Waals surface area contributed by atoms with Crippen molar-refractivity contribution in [3.05, 3.63) is 75.7 Å². The van der Waals surface area contributed by atoms with Crippen LogP contribution in [0.15, 0.2) is 51.9 Å². The highest BCUT2D eigenvalue weighted by molar-refractivity contribution is 6.36. The normalized spacial score (nSPS) is 12.3. The molecule has 1 unspecified atom stereocenters. The van der Waals surface area contributed by atoms with Crippen LogP contribution in [0.1, 0.15) is 55.8 Å². The van der Waals surface area contributed by atoms with E-state index >= 15 is 0 Å². The summed E-state index contributed by atoms with van der Waals surface area (Å²) in [4.78, 5) is 16.2. The fourth-order valence-corrected chi connectivity index (χ4v) is 4.68. The molecule has 4 rings (SSSR count). The van der Waals surface area contributed by atoms with Gasteiger partial charge >= 0.3 is 5.97 Å². The summed E-state index contributed by atoms with van der Waals surface area (Å²) in [5, 5.41) is 15.6. The van der Waals surface area contributed by atoms with Crippen molar-refractivity contribution in [1.82, 2.24) is 10.1 Å². The van der Waals surface area contributed by atoms with Gasteiger partial charge in [0.15, 0.2) is 11.7 Å². The van der Waals surface area contributed by atoms with Crippen LogP contribution in [0.25, 0.3) is 22.4 Å². The van der Waals surface area contributed by atoms with Gasteiger partial charge < -0.3 is 18.8 Å². The summed E-state index contributed by atoms with van der Waals surface area (Å²) in [5.41, 5.74) is 3.55. The minimum Gasteiger partial charge on any atom is -0.479 e. The molecule has 0 aliphatic carbocycles. The van der Waals surface area contributed by atoms with Crippen molar-refractivity contribution in [2.24, 2.45) is 0 Å². The molecule has 7 nitrogen and oxygen atoms in total. The Balaban J connectivity index is 1.63. The summed E-state index contributed by atoms with van der Waals surface area (Å²) < 4.78 is 17.6. The molecule has 0 aliphatic rings. The number of hydrogen-bond donors (Lipinski definition) is 1. The second-order valence-corrected chi connectivity index (χ2v) is 9.85. The van der Waals surface area contributed by atoms with E-state index in [9.17, 15) is 9.90 Å². The van der Waals surface area contributed by atoms with Gasteiger partial charge in [-0.25, -0.2) is 9.78 Å². The summed E-state index contributed by atoms with van der Waals surface area (Å²) in [5.74, 6) is 0.794. The lowest BCUT2D eigenvalue weighted by atomic mass is 10.0. The Hall–Kier alpha value is -3.29. The number of hydrogen-bond acceptors (Lipinski definition) is 6. The van der Waals surface area contributed by atoms with Gasteiger partial charge in [0.25, 0.3) is 0 Å². The molecule has 1 atom stereocenters. The van der Waals surface area contributed by atoms with Crippen molar-refractivity contribution in [2.75, 3.05) is 0 Å². The molecular formula is C28H28Cl2N2O5. The van der Waals surface area contributed by atoms with Crippen LogP contribution in [-0.4, -0.2) is 27.3 Å². The van der Waals surface area contributed by atoms with Crippen LogP contribution >= 0.6 is 23.2 Å². The maximum atomic E-state index is 11.5. The van der Waals surface area contributed by atoms with Crippen molar-refractivity contribution >= 4 is 40.1 Å². The molecular weight excluding hydrogens is 515 g/mol. The molecule has 194 valence electrons. The standard InChI is InChI=1S/C28H28Cl2N2O5/c1-5-7-19-24(35-23(6-2)28(33)34)13-10-18-21(32-37-26(18)19)11-12-22-25(15(3)4)36-27(31-22)17-9-8-16(29)14-20(17)30/h5,8-10,13-15,23H,1,6-7,11-12H2,2-4H3,(H,33,34). The third-order valence-electron chi connectivity index (χ3n) is 6.05. The van der Waals surface area contributed by atoms with Gasteiger partial charge in [0, 0.05) is 21.9 Å². The number of aliphatic carboxylic acids is 1. The zero-order chi connectivity index (χ0) is 26.7. The van der Waals surface area contributed by atoms with Crippen molar-refractivity contribution in [3.8, 4) is 17.2 Å². The third-order valence-corrected chi connectivity index (χ3v) is 6.60. The molecule has 0 spiro atoms. The molecule has 0 saturated heterocycles. The van der Waals surface area contributed by atoms with E-state index in [4.69, 9.17) is 41.9 Å². The Morgan fingerprint density at radius 1 is 1.19 bits per heavy atom. The van der Waals surface area contributed by atoms with Gasteiger partial charge in [-0.1, -0.05) is 55.2 Å². The number of benzene rings is 2. The van der Waals surface area contributed by atoms with Gasteiger partial charge in [0.2, 0.25) is 5.89 Å². The number of halogens is 2. The van der Waals surface area contributed by atoms with Crippen molar-refractivity contribution in [2.45, 2.75) is 58.5 Å². The fraction of sp³-hybridized carbons (Fsp3) is 0.321. The van der Waals surface area contributed by atoms with E-state index in [1.807, 2.05) is 19.9 Å². The van der Waals surface area contributed by atoms with Gasteiger partial charge in [-0.05, 0) is 56.0 Å². The molecule has 2 aromatic heterocycles. The van der Waals surface area contributed by atoms with Crippen molar-refractivity contribution < 1.29 is 23.6 Å². The number of carboxylic acids is 1. The van der Waals surface area contributed by atoms with E-state index in [2.05, 4.69) is 11.7 Å². The Bertz CT molecular complexity index is 1440. The number of aromatic nitrogens is 2. The number of carbonyl (C=O) groups is 1. The average Bonchev–Trinajstić information content (AvgIpc) is 3.46. The molecule has 37 heavy (non-hydrogen) atoms. The predicted molar refractivity (Wildman–Crippen MR) is 144 cm³/mol. The van der Waals surface area contributed by atoms with Crippen LogP contribution in [0.2, 0.25) is 10.0 Å². The minimum atomic E-state index is -1.02. The Kier molecular flexibility index (Phi) is 8.25. The zero-order valence-electron chi connectivity index (χ0n) is 20.9. The van der Waals surface area contributed by atoms with Gasteiger partial charge in [0.1, 0.15) is 11.5 Å². The summed E-state index contributed by atoms with van der Waals surface area (Å²) in [6, 6.07) is 8.83. The van der Waals surface area contributed by atoms with Crippen LogP contribution in [0.5, 0.6) is 5.75 Å². The molecule has 0 aliphatic heterocycles. The van der Waals surface area contributed by atoms with Gasteiger partial charge in [-0.3, -0.25) is 0 Å². The minimum absolute atomic E-state index is 0.121. The summed E-state index contributed by atoms with van der Waals surface area (Å²) in [6.07, 6.45) is 2.70. The van der Waals surface area contributed by atoms with Gasteiger partial charge in [-0.15, -0.1) is 6.58 Å². The van der Waals surface area contributed by atoms with Gasteiger partial charge in [0.05, 0.1) is 22.0 Å². The molecule has 2 aromatic carbocycles. The highest BCUT2D eigenvalue weighted by Crippen LogP contribution is 2.35. The van der Waals surface area contributed by atoms with E-state index in [1.165, 1.54) is 0 Å². The van der Waals surface area contributed by atoms with Crippen molar-refractivity contribution in [3.63, 3.8) is 0 Å². The highest BCUT2D eigenvalue weighted by atomic mass is 35.5. The number of rotatable bonds is 11. The zero-order valence-corrected chi connectivity index (χ0v) is 22.4. The first-order chi connectivity index (χ1) is 17.7. The maximum Gasteiger partial charge on any atom is 0.344 e. The van der Waals surface area contributed by atoms with E-state index in [-0.39, 0.29) is 5.92 Å². The van der Waals surface area contributed by atoms with Gasteiger partial charge in [-0.2, -0.15) is 0 Å². The molecule has 2 heterocycles. The first kappa shape index (κ1) is 26.8. The average molecular weight is 543 g/mol. The Morgan fingerprint density at radius 3 is 2.59 bits per heavy atom. The van der Waals surface area contributed by atoms with Crippen LogP contribution in [0, 0.1) is 0 Å². The smallest absolute Gasteiger partial charge is 0.344 e. The van der Waals surface area contributed by atoms with Crippen LogP contribution < -0.4 is 4.74 Å². The molecule has 4 aromatic rings. The van der Waals surface area contributed by atoms with Crippen molar-refractivity contribution in [1.29, 1.82) is 0 Å². The summed E-state index contributed by atoms with van der Waals surface area (Å²) >= 11 is 12.4. The number of aryl methyl sites for hydroxylation is 2. The van der Waals surface area contributed by atoms with E-state index in [0.29, 0.717) is 58.5 Å². The topological polar surface area (TPSA) is 98.6 Å². The molecule has 0 bridgehead atoms. The molecule has 0 amide bonds. The largest absolute Gasteiger partial charge is 0.479 e. The number of allylic oxidation sites excluding steroid dienone is 1. The maximum absolute atomic E-state index is 11.5. The quantitative estimate of drug-likeness (QED) is 0.194. The predicted octanol–water partition coefficient (Wildman–Crippen LogP) is 7.67. The summed E-state index contributed by atoms with van der Waals surface area (Å²) in [7, 11) is 0. The molecule has 1 N–H and O–H groups in total. The number of ether oxygens (including phenoxy) is 1. The van der Waals surface area contributed by atoms with E-state index < -0.39 is 12.1 Å². The number of fused-ring (bicyclic) bond motifs is 1. The monoisotopic (exact) mass is 542 g/mol. The first-order valence-corrected chi connectivity index (χ1v) is 12.8. The lowest BCUT2D eigenvalue weighted by Crippen LogP contribution is -2.26. The van der Waals surface area contributed by atoms with Crippen LogP contribution in [-0.2, 0) is 24.1 Å². The van der Waals surface area contributed by atoms with Crippen LogP contribution in [0.3, 0.4) is 0 Å². The molecule has 0 radical (unpaired) electrons. The first-order valence-electron chi connectivity index (χ1n) is 12.1. The number of oxazole rings is 1. The summed E-state index contributed by atoms with van der Waals surface area (Å²) in [6.45, 7) is 9.68. The Morgan fingerprint density at radius 2 is 1.95 bits per heavy atom. The molecule has 9 heteroatoms. The Labute approximate surface area is 225 Å². The van der Waals surface area contributed by atoms with E-state index in [0.717, 1.165) is 28.1 Å². The lowest BCUT2D eigenvalue weighted by Gasteiger charge is -2.16. The second-order valence-electron chi connectivity index (χ2n) is 9.00. The number of nitrogens with zero attached hydrogens (tertiary/aromatic N) is 2. The molecule has 0 fully saturated rings. The molecule has 0 saturated carbocycles. The van der Waals surface area contributed by atoms with E-state index in [1.54, 1.807) is 37.3 Å². The third kappa shape index (κ3) is 5.68.